The van der Waals surface area contributed by atoms with Crippen molar-refractivity contribution < 1.29 is 49.4 Å². The van der Waals surface area contributed by atoms with Gasteiger partial charge in [-0.1, -0.05) is 0 Å². The van der Waals surface area contributed by atoms with Gasteiger partial charge in [0.1, 0.15) is 11.6 Å². The van der Waals surface area contributed by atoms with Gasteiger partial charge in [0, 0.05) is 63.1 Å². The second-order valence-electron chi connectivity index (χ2n) is 9.90. The number of nitrogens with one attached hydrogen (secondary N) is 2. The summed E-state index contributed by atoms with van der Waals surface area (Å²) in [6, 6.07) is 6.90. The highest BCUT2D eigenvalue weighted by molar-refractivity contribution is 5.73. The van der Waals surface area contributed by atoms with E-state index in [1.807, 2.05) is 4.90 Å². The molecule has 1 fully saturated rings. The zero-order valence-electron chi connectivity index (χ0n) is 23.2. The molecule has 0 radical (unpaired) electrons. The monoisotopic (exact) mass is 651 g/mol. The number of alkyl halides is 9. The number of hydrogen-bond donors (Lipinski definition) is 3. The van der Waals surface area contributed by atoms with Gasteiger partial charge in [-0.25, -0.2) is 14.8 Å². The molecule has 2 aliphatic rings. The summed E-state index contributed by atoms with van der Waals surface area (Å²) >= 11 is 0. The molecule has 2 aromatic heterocycles. The third-order valence-corrected chi connectivity index (χ3v) is 6.84. The first-order valence-corrected chi connectivity index (χ1v) is 13.4. The van der Waals surface area contributed by atoms with E-state index < -0.39 is 35.6 Å². The van der Waals surface area contributed by atoms with Crippen molar-refractivity contribution >= 4 is 29.2 Å². The number of nitrogens with zero attached hydrogens (tertiary/aromatic N) is 5. The summed E-state index contributed by atoms with van der Waals surface area (Å²) in [5.74, 6) is -1.99. The van der Waals surface area contributed by atoms with Crippen LogP contribution in [0.1, 0.15) is 22.4 Å². The molecule has 3 aromatic rings. The highest BCUT2D eigenvalue weighted by Crippen LogP contribution is 2.37. The Bertz CT molecular complexity index is 1470. The Morgan fingerprint density at radius 2 is 1.44 bits per heavy atom. The van der Waals surface area contributed by atoms with Gasteiger partial charge in [0.15, 0.2) is 0 Å². The third kappa shape index (κ3) is 8.64. The number of rotatable bonds is 4. The molecular formula is C27H26F9N7O2. The van der Waals surface area contributed by atoms with E-state index in [-0.39, 0.29) is 18.9 Å². The molecule has 3 N–H and O–H groups in total. The molecule has 0 atom stereocenters. The van der Waals surface area contributed by atoms with Crippen molar-refractivity contribution in [2.45, 2.75) is 31.4 Å². The Balaban J connectivity index is 0.000000591. The van der Waals surface area contributed by atoms with E-state index in [9.17, 15) is 39.5 Å². The van der Waals surface area contributed by atoms with E-state index in [4.69, 9.17) is 19.9 Å². The quantitative estimate of drug-likeness (QED) is 0.324. The number of carboxylic acid groups (broad SMARTS) is 1. The van der Waals surface area contributed by atoms with E-state index in [0.29, 0.717) is 49.1 Å². The first-order valence-electron chi connectivity index (χ1n) is 13.4. The average molecular weight is 652 g/mol. The van der Waals surface area contributed by atoms with Gasteiger partial charge < -0.3 is 25.5 Å². The Morgan fingerprint density at radius 1 is 0.822 bits per heavy atom. The van der Waals surface area contributed by atoms with Crippen molar-refractivity contribution in [3.63, 3.8) is 0 Å². The number of benzene rings is 1. The summed E-state index contributed by atoms with van der Waals surface area (Å²) < 4.78 is 112. The fraction of sp³-hybridized carbons (Fsp3) is 0.407. The zero-order chi connectivity index (χ0) is 33.0. The lowest BCUT2D eigenvalue weighted by atomic mass is 10.1. The molecule has 0 unspecified atom stereocenters. The number of halogens is 9. The topological polar surface area (TPSA) is 107 Å². The first kappa shape index (κ1) is 33.5. The SMILES string of the molecule is FC(F)(F)c1ccc(Nc2nc(N3CCNCC3)nc3c2CCN(c2ncccc2C(F)(F)F)CC3)cc1.O=C(O)C(F)(F)F. The van der Waals surface area contributed by atoms with Crippen molar-refractivity contribution in [1.29, 1.82) is 0 Å². The van der Waals surface area contributed by atoms with Crippen LogP contribution >= 0.6 is 0 Å². The first-order chi connectivity index (χ1) is 21.0. The summed E-state index contributed by atoms with van der Waals surface area (Å²) in [6.07, 6.45) is -12.1. The Labute approximate surface area is 250 Å². The zero-order valence-corrected chi connectivity index (χ0v) is 23.2. The molecule has 5 rings (SSSR count). The van der Waals surface area contributed by atoms with Crippen LogP contribution in [0.5, 0.6) is 0 Å². The number of carboxylic acids is 1. The molecule has 1 aromatic carbocycles. The third-order valence-electron chi connectivity index (χ3n) is 6.84. The largest absolute Gasteiger partial charge is 0.490 e. The number of fused-ring (bicyclic) bond motifs is 1. The Morgan fingerprint density at radius 3 is 2.02 bits per heavy atom. The van der Waals surface area contributed by atoms with Crippen molar-refractivity contribution in [3.05, 3.63) is 65.0 Å². The second kappa shape index (κ2) is 13.3. The van der Waals surface area contributed by atoms with Crippen LogP contribution in [0.15, 0.2) is 42.6 Å². The van der Waals surface area contributed by atoms with Crippen molar-refractivity contribution in [1.82, 2.24) is 20.3 Å². The molecular weight excluding hydrogens is 625 g/mol. The lowest BCUT2D eigenvalue weighted by Crippen LogP contribution is -2.44. The van der Waals surface area contributed by atoms with Crippen LogP contribution in [0.25, 0.3) is 0 Å². The predicted molar refractivity (Wildman–Crippen MR) is 144 cm³/mol. The van der Waals surface area contributed by atoms with E-state index >= 15 is 0 Å². The molecule has 0 saturated carbocycles. The maximum atomic E-state index is 13.7. The van der Waals surface area contributed by atoms with Crippen LogP contribution in [0.2, 0.25) is 0 Å². The minimum absolute atomic E-state index is 0.139. The fourth-order valence-corrected chi connectivity index (χ4v) is 4.66. The molecule has 1 saturated heterocycles. The smallest absolute Gasteiger partial charge is 0.475 e. The molecule has 18 heteroatoms. The van der Waals surface area contributed by atoms with Gasteiger partial charge >= 0.3 is 24.5 Å². The fourth-order valence-electron chi connectivity index (χ4n) is 4.66. The predicted octanol–water partition coefficient (Wildman–Crippen LogP) is 5.30. The molecule has 0 amide bonds. The van der Waals surface area contributed by atoms with E-state index in [0.717, 1.165) is 36.9 Å². The number of aliphatic carboxylic acids is 1. The van der Waals surface area contributed by atoms with Gasteiger partial charge in [0.25, 0.3) is 0 Å². The van der Waals surface area contributed by atoms with E-state index in [1.165, 1.54) is 24.4 Å². The standard InChI is InChI=1S/C25H25F6N7.C2HF3O2/c26-24(27,28)16-3-5-17(6-4-16)34-21-18-7-12-37(22-19(25(29,30)31)2-1-9-33-22)13-8-20(18)35-23(36-21)38-14-10-32-11-15-38;3-2(4,5)1(6)7/h1-6,9,32H,7-8,10-15H2,(H,34,35,36);(H,6,7). The molecule has 45 heavy (non-hydrogen) atoms. The van der Waals surface area contributed by atoms with E-state index in [1.54, 1.807) is 4.90 Å². The van der Waals surface area contributed by atoms with Gasteiger partial charge in [0.2, 0.25) is 5.95 Å². The van der Waals surface area contributed by atoms with Crippen LogP contribution in [-0.4, -0.2) is 71.5 Å². The number of aromatic nitrogens is 3. The molecule has 0 bridgehead atoms. The number of piperazine rings is 1. The highest BCUT2D eigenvalue weighted by atomic mass is 19.4. The second-order valence-corrected chi connectivity index (χ2v) is 9.90. The van der Waals surface area contributed by atoms with Gasteiger partial charge in [-0.3, -0.25) is 0 Å². The molecule has 244 valence electrons. The summed E-state index contributed by atoms with van der Waals surface area (Å²) in [7, 11) is 0. The summed E-state index contributed by atoms with van der Waals surface area (Å²) in [5.41, 5.74) is 0.250. The van der Waals surface area contributed by atoms with Crippen molar-refractivity contribution in [2.24, 2.45) is 0 Å². The van der Waals surface area contributed by atoms with Crippen molar-refractivity contribution in [3.8, 4) is 0 Å². The minimum atomic E-state index is -5.08. The Kier molecular flexibility index (Phi) is 9.94. The summed E-state index contributed by atoms with van der Waals surface area (Å²) in [4.78, 5) is 26.0. The van der Waals surface area contributed by atoms with Gasteiger partial charge in [-0.2, -0.15) is 44.5 Å². The maximum Gasteiger partial charge on any atom is 0.490 e. The van der Waals surface area contributed by atoms with Crippen molar-refractivity contribution in [2.75, 3.05) is 54.4 Å². The van der Waals surface area contributed by atoms with E-state index in [2.05, 4.69) is 15.6 Å². The molecule has 0 spiro atoms. The highest BCUT2D eigenvalue weighted by Gasteiger charge is 2.38. The summed E-state index contributed by atoms with van der Waals surface area (Å²) in [6.45, 7) is 3.35. The minimum Gasteiger partial charge on any atom is -0.475 e. The molecule has 2 aliphatic heterocycles. The van der Waals surface area contributed by atoms with Gasteiger partial charge in [-0.15, -0.1) is 0 Å². The van der Waals surface area contributed by atoms with Crippen LogP contribution in [0, 0.1) is 0 Å². The number of anilines is 4. The van der Waals surface area contributed by atoms with Crippen LogP contribution in [0.3, 0.4) is 0 Å². The molecule has 4 heterocycles. The van der Waals surface area contributed by atoms with Gasteiger partial charge in [-0.05, 0) is 42.8 Å². The number of hydrogen-bond acceptors (Lipinski definition) is 8. The van der Waals surface area contributed by atoms with Crippen LogP contribution < -0.4 is 20.4 Å². The Hall–Kier alpha value is -4.35. The lowest BCUT2D eigenvalue weighted by molar-refractivity contribution is -0.192. The average Bonchev–Trinajstić information content (AvgIpc) is 3.20. The summed E-state index contributed by atoms with van der Waals surface area (Å²) in [5, 5.41) is 13.5. The lowest BCUT2D eigenvalue weighted by Gasteiger charge is -2.28. The van der Waals surface area contributed by atoms with Crippen LogP contribution in [-0.2, 0) is 30.0 Å². The normalized spacial score (nSPS) is 15.8. The van der Waals surface area contributed by atoms with Gasteiger partial charge in [0.05, 0.1) is 16.8 Å². The maximum absolute atomic E-state index is 13.7. The molecule has 0 aliphatic carbocycles. The number of pyridine rings is 1. The molecule has 9 nitrogen and oxygen atoms in total. The van der Waals surface area contributed by atoms with Crippen LogP contribution in [0.4, 0.5) is 62.8 Å². The number of carbonyl (C=O) groups is 1.